The van der Waals surface area contributed by atoms with Gasteiger partial charge in [0.2, 0.25) is 0 Å². The molecule has 0 aromatic carbocycles. The third-order valence-electron chi connectivity index (χ3n) is 2.88. The van der Waals surface area contributed by atoms with Gasteiger partial charge in [-0.15, -0.1) is 0 Å². The van der Waals surface area contributed by atoms with Crippen LogP contribution in [0.2, 0.25) is 0 Å². The van der Waals surface area contributed by atoms with Crippen molar-refractivity contribution in [2.45, 2.75) is 39.5 Å². The molecule has 19 heavy (non-hydrogen) atoms. The van der Waals surface area contributed by atoms with Crippen molar-refractivity contribution in [1.82, 2.24) is 4.90 Å². The van der Waals surface area contributed by atoms with E-state index in [-0.39, 0.29) is 6.42 Å². The van der Waals surface area contributed by atoms with Gasteiger partial charge in [-0.05, 0) is 33.2 Å². The van der Waals surface area contributed by atoms with Gasteiger partial charge in [-0.1, -0.05) is 6.42 Å². The Hall–Kier alpha value is -0.650. The summed E-state index contributed by atoms with van der Waals surface area (Å²) < 4.78 is 10.7. The highest BCUT2D eigenvalue weighted by atomic mass is 16.5. The SMILES string of the molecule is CCOCCN(CCCCCC(=O)O)CCOCC. The third-order valence-corrected chi connectivity index (χ3v) is 2.88. The number of hydrogen-bond donors (Lipinski definition) is 1. The Bertz CT molecular complexity index is 202. The van der Waals surface area contributed by atoms with Gasteiger partial charge in [0, 0.05) is 32.7 Å². The molecule has 0 bridgehead atoms. The summed E-state index contributed by atoms with van der Waals surface area (Å²) >= 11 is 0. The van der Waals surface area contributed by atoms with Gasteiger partial charge in [0.05, 0.1) is 13.2 Å². The smallest absolute Gasteiger partial charge is 0.303 e. The van der Waals surface area contributed by atoms with Gasteiger partial charge < -0.3 is 14.6 Å². The van der Waals surface area contributed by atoms with Crippen LogP contribution in [0, 0.1) is 0 Å². The predicted molar refractivity (Wildman–Crippen MR) is 75.5 cm³/mol. The number of hydrogen-bond acceptors (Lipinski definition) is 4. The molecule has 0 aliphatic carbocycles. The first-order chi connectivity index (χ1) is 9.20. The van der Waals surface area contributed by atoms with Crippen LogP contribution in [0.25, 0.3) is 0 Å². The van der Waals surface area contributed by atoms with Gasteiger partial charge in [-0.25, -0.2) is 0 Å². The highest BCUT2D eigenvalue weighted by Crippen LogP contribution is 2.02. The lowest BCUT2D eigenvalue weighted by molar-refractivity contribution is -0.137. The van der Waals surface area contributed by atoms with Crippen LogP contribution in [0.1, 0.15) is 39.5 Å². The predicted octanol–water partition coefficient (Wildman–Crippen LogP) is 2.01. The molecule has 0 amide bonds. The molecule has 114 valence electrons. The van der Waals surface area contributed by atoms with Crippen molar-refractivity contribution < 1.29 is 19.4 Å². The summed E-state index contributed by atoms with van der Waals surface area (Å²) in [4.78, 5) is 12.7. The number of carboxylic acid groups (broad SMARTS) is 1. The van der Waals surface area contributed by atoms with E-state index in [1.54, 1.807) is 0 Å². The monoisotopic (exact) mass is 275 g/mol. The molecule has 0 unspecified atom stereocenters. The van der Waals surface area contributed by atoms with Gasteiger partial charge in [-0.2, -0.15) is 0 Å². The van der Waals surface area contributed by atoms with E-state index in [1.807, 2.05) is 13.8 Å². The van der Waals surface area contributed by atoms with Crippen molar-refractivity contribution >= 4 is 5.97 Å². The van der Waals surface area contributed by atoms with Gasteiger partial charge >= 0.3 is 5.97 Å². The molecular weight excluding hydrogens is 246 g/mol. The van der Waals surface area contributed by atoms with Gasteiger partial charge in [-0.3, -0.25) is 9.69 Å². The molecule has 5 nitrogen and oxygen atoms in total. The quantitative estimate of drug-likeness (QED) is 0.491. The number of aliphatic carboxylic acids is 1. The van der Waals surface area contributed by atoms with Crippen LogP contribution in [0.4, 0.5) is 0 Å². The topological polar surface area (TPSA) is 59.0 Å². The Morgan fingerprint density at radius 3 is 2.00 bits per heavy atom. The van der Waals surface area contributed by atoms with Gasteiger partial charge in [0.1, 0.15) is 0 Å². The first kappa shape index (κ1) is 18.4. The summed E-state index contributed by atoms with van der Waals surface area (Å²) in [6, 6.07) is 0. The maximum Gasteiger partial charge on any atom is 0.303 e. The largest absolute Gasteiger partial charge is 0.481 e. The Balaban J connectivity index is 3.67. The standard InChI is InChI=1S/C14H29NO4/c1-3-18-12-10-15(11-13-19-4-2)9-7-5-6-8-14(16)17/h3-13H2,1-2H3,(H,16,17). The Morgan fingerprint density at radius 1 is 0.947 bits per heavy atom. The lowest BCUT2D eigenvalue weighted by atomic mass is 10.2. The summed E-state index contributed by atoms with van der Waals surface area (Å²) in [5, 5.41) is 8.57. The molecule has 1 N–H and O–H groups in total. The fourth-order valence-electron chi connectivity index (χ4n) is 1.80. The molecule has 0 radical (unpaired) electrons. The molecule has 0 atom stereocenters. The second kappa shape index (κ2) is 13.8. The van der Waals surface area contributed by atoms with Gasteiger partial charge in [0.15, 0.2) is 0 Å². The molecule has 0 heterocycles. The molecule has 5 heteroatoms. The van der Waals surface area contributed by atoms with E-state index in [1.165, 1.54) is 0 Å². The number of carboxylic acids is 1. The van der Waals surface area contributed by atoms with E-state index in [2.05, 4.69) is 4.90 Å². The summed E-state index contributed by atoms with van der Waals surface area (Å²) in [7, 11) is 0. The zero-order valence-electron chi connectivity index (χ0n) is 12.4. The van der Waals surface area contributed by atoms with E-state index in [0.29, 0.717) is 0 Å². The molecule has 0 saturated heterocycles. The van der Waals surface area contributed by atoms with Crippen molar-refractivity contribution in [3.05, 3.63) is 0 Å². The average Bonchev–Trinajstić information content (AvgIpc) is 2.38. The van der Waals surface area contributed by atoms with Crippen molar-refractivity contribution in [2.75, 3.05) is 46.1 Å². The van der Waals surface area contributed by atoms with Crippen LogP contribution in [-0.2, 0) is 14.3 Å². The Kier molecular flexibility index (Phi) is 13.3. The minimum atomic E-state index is -0.704. The zero-order chi connectivity index (χ0) is 14.3. The maximum atomic E-state index is 10.4. The van der Waals surface area contributed by atoms with Crippen LogP contribution in [0.5, 0.6) is 0 Å². The number of rotatable bonds is 14. The van der Waals surface area contributed by atoms with Crippen molar-refractivity contribution in [2.24, 2.45) is 0 Å². The van der Waals surface area contributed by atoms with E-state index < -0.39 is 5.97 Å². The summed E-state index contributed by atoms with van der Waals surface area (Å²) in [6.45, 7) is 9.80. The molecule has 0 saturated carbocycles. The summed E-state index contributed by atoms with van der Waals surface area (Å²) in [5.41, 5.74) is 0. The van der Waals surface area contributed by atoms with Crippen molar-refractivity contribution in [1.29, 1.82) is 0 Å². The molecule has 0 fully saturated rings. The third kappa shape index (κ3) is 13.6. The Morgan fingerprint density at radius 2 is 1.53 bits per heavy atom. The minimum Gasteiger partial charge on any atom is -0.481 e. The minimum absolute atomic E-state index is 0.276. The van der Waals surface area contributed by atoms with Crippen LogP contribution >= 0.6 is 0 Å². The fourth-order valence-corrected chi connectivity index (χ4v) is 1.80. The zero-order valence-corrected chi connectivity index (χ0v) is 12.4. The number of nitrogens with zero attached hydrogens (tertiary/aromatic N) is 1. The first-order valence-electron chi connectivity index (χ1n) is 7.30. The van der Waals surface area contributed by atoms with E-state index in [9.17, 15) is 4.79 Å². The number of unbranched alkanes of at least 4 members (excludes halogenated alkanes) is 2. The maximum absolute atomic E-state index is 10.4. The fraction of sp³-hybridized carbons (Fsp3) is 0.929. The molecule has 0 aromatic heterocycles. The van der Waals surface area contributed by atoms with Crippen molar-refractivity contribution in [3.8, 4) is 0 Å². The highest BCUT2D eigenvalue weighted by Gasteiger charge is 2.05. The van der Waals surface area contributed by atoms with Crippen LogP contribution in [0.15, 0.2) is 0 Å². The normalized spacial score (nSPS) is 11.1. The molecule has 0 aliphatic rings. The summed E-state index contributed by atoms with van der Waals surface area (Å²) in [6.07, 6.45) is 3.04. The van der Waals surface area contributed by atoms with Crippen LogP contribution in [0.3, 0.4) is 0 Å². The highest BCUT2D eigenvalue weighted by molar-refractivity contribution is 5.66. The van der Waals surface area contributed by atoms with Gasteiger partial charge in [0.25, 0.3) is 0 Å². The molecule has 0 aromatic rings. The number of ether oxygens (including phenoxy) is 2. The first-order valence-corrected chi connectivity index (χ1v) is 7.30. The average molecular weight is 275 g/mol. The second-order valence-electron chi connectivity index (χ2n) is 4.44. The molecule has 0 rings (SSSR count). The Labute approximate surface area is 116 Å². The van der Waals surface area contributed by atoms with Crippen LogP contribution in [-0.4, -0.2) is 62.0 Å². The van der Waals surface area contributed by atoms with E-state index in [4.69, 9.17) is 14.6 Å². The lowest BCUT2D eigenvalue weighted by Gasteiger charge is -2.21. The molecular formula is C14H29NO4. The molecule has 0 spiro atoms. The van der Waals surface area contributed by atoms with Crippen LogP contribution < -0.4 is 0 Å². The number of carbonyl (C=O) groups is 1. The van der Waals surface area contributed by atoms with E-state index >= 15 is 0 Å². The second-order valence-corrected chi connectivity index (χ2v) is 4.44. The molecule has 0 aliphatic heterocycles. The van der Waals surface area contributed by atoms with Crippen molar-refractivity contribution in [3.63, 3.8) is 0 Å². The lowest BCUT2D eigenvalue weighted by Crippen LogP contribution is -2.32. The van der Waals surface area contributed by atoms with E-state index in [0.717, 1.165) is 65.3 Å². The summed E-state index contributed by atoms with van der Waals surface area (Å²) in [5.74, 6) is -0.704.